The van der Waals surface area contributed by atoms with Crippen molar-refractivity contribution in [2.45, 2.75) is 19.9 Å². The number of sulfonamides is 1. The van der Waals surface area contributed by atoms with Crippen LogP contribution in [0, 0.1) is 0 Å². The van der Waals surface area contributed by atoms with Crippen LogP contribution in [-0.2, 0) is 10.0 Å². The zero-order valence-electron chi connectivity index (χ0n) is 9.97. The number of rotatable bonds is 7. The summed E-state index contributed by atoms with van der Waals surface area (Å²) in [5, 5.41) is 8.69. The molecule has 0 radical (unpaired) electrons. The molecule has 15 heavy (non-hydrogen) atoms. The number of aliphatic hydroxyl groups excluding tert-OH is 1. The number of likely N-dealkylation sites (N-methyl/N-ethyl adjacent to an activating group) is 2. The van der Waals surface area contributed by atoms with Gasteiger partial charge in [-0.3, -0.25) is 0 Å². The maximum absolute atomic E-state index is 11.7. The minimum absolute atomic E-state index is 0.0680. The second kappa shape index (κ2) is 6.42. The highest BCUT2D eigenvalue weighted by molar-refractivity contribution is 7.89. The van der Waals surface area contributed by atoms with E-state index in [2.05, 4.69) is 0 Å². The molecule has 0 aliphatic rings. The van der Waals surface area contributed by atoms with Crippen LogP contribution in [0.25, 0.3) is 0 Å². The maximum Gasteiger partial charge on any atom is 0.216 e. The molecular weight excluding hydrogens is 216 g/mol. The minimum atomic E-state index is -3.31. The van der Waals surface area contributed by atoms with Gasteiger partial charge in [0.05, 0.1) is 12.4 Å². The molecule has 0 bridgehead atoms. The molecule has 0 aliphatic carbocycles. The summed E-state index contributed by atoms with van der Waals surface area (Å²) in [7, 11) is 0.501. The molecule has 92 valence electrons. The van der Waals surface area contributed by atoms with Gasteiger partial charge in [-0.15, -0.1) is 0 Å². The molecule has 1 unspecified atom stereocenters. The summed E-state index contributed by atoms with van der Waals surface area (Å²) in [5.74, 6) is -0.196. The third kappa shape index (κ3) is 4.92. The molecule has 1 atom stereocenters. The Labute approximate surface area is 92.7 Å². The fourth-order valence-corrected chi connectivity index (χ4v) is 3.11. The fraction of sp³-hybridized carbons (Fsp3) is 1.00. The average Bonchev–Trinajstić information content (AvgIpc) is 2.02. The lowest BCUT2D eigenvalue weighted by Crippen LogP contribution is -2.45. The Kier molecular flexibility index (Phi) is 6.35. The lowest BCUT2D eigenvalue weighted by atomic mass is 10.3. The largest absolute Gasteiger partial charge is 0.395 e. The van der Waals surface area contributed by atoms with Crippen molar-refractivity contribution in [3.63, 3.8) is 0 Å². The summed E-state index contributed by atoms with van der Waals surface area (Å²) in [4.78, 5) is 1.95. The van der Waals surface area contributed by atoms with Crippen LogP contribution in [0.2, 0.25) is 0 Å². The van der Waals surface area contributed by atoms with Gasteiger partial charge in [0, 0.05) is 19.1 Å². The van der Waals surface area contributed by atoms with Crippen LogP contribution >= 0.6 is 0 Å². The van der Waals surface area contributed by atoms with E-state index in [0.717, 1.165) is 0 Å². The summed E-state index contributed by atoms with van der Waals surface area (Å²) >= 11 is 0. The Morgan fingerprint density at radius 1 is 1.33 bits per heavy atom. The Balaban J connectivity index is 4.60. The standard InChI is InChI=1S/C9H22N2O3S/c1-5-11(9(2)8-10(3)4)15(13,14)7-6-12/h9,12H,5-8H2,1-4H3. The van der Waals surface area contributed by atoms with Gasteiger partial charge < -0.3 is 10.0 Å². The van der Waals surface area contributed by atoms with Gasteiger partial charge in [-0.1, -0.05) is 6.92 Å². The third-order valence-corrected chi connectivity index (χ3v) is 4.17. The smallest absolute Gasteiger partial charge is 0.216 e. The van der Waals surface area contributed by atoms with Crippen LogP contribution in [0.5, 0.6) is 0 Å². The lowest BCUT2D eigenvalue weighted by molar-refractivity contribution is 0.266. The maximum atomic E-state index is 11.7. The van der Waals surface area contributed by atoms with E-state index >= 15 is 0 Å². The summed E-state index contributed by atoms with van der Waals surface area (Å²) < 4.78 is 24.9. The van der Waals surface area contributed by atoms with Gasteiger partial charge in [-0.2, -0.15) is 4.31 Å². The van der Waals surface area contributed by atoms with E-state index in [9.17, 15) is 8.42 Å². The Morgan fingerprint density at radius 3 is 2.20 bits per heavy atom. The molecule has 0 aromatic rings. The quantitative estimate of drug-likeness (QED) is 0.654. The van der Waals surface area contributed by atoms with E-state index in [4.69, 9.17) is 5.11 Å². The monoisotopic (exact) mass is 238 g/mol. The van der Waals surface area contributed by atoms with Crippen LogP contribution in [0.4, 0.5) is 0 Å². The fourth-order valence-electron chi connectivity index (χ4n) is 1.63. The molecule has 0 aromatic heterocycles. The van der Waals surface area contributed by atoms with E-state index in [0.29, 0.717) is 13.1 Å². The SMILES string of the molecule is CCN(C(C)CN(C)C)S(=O)(=O)CCO. The lowest BCUT2D eigenvalue weighted by Gasteiger charge is -2.28. The summed E-state index contributed by atoms with van der Waals surface area (Å²) in [6, 6.07) is -0.0680. The van der Waals surface area contributed by atoms with Crippen molar-refractivity contribution in [2.24, 2.45) is 0 Å². The van der Waals surface area contributed by atoms with Gasteiger partial charge in [0.2, 0.25) is 10.0 Å². The summed E-state index contributed by atoms with van der Waals surface area (Å²) in [5.41, 5.74) is 0. The number of nitrogens with zero attached hydrogens (tertiary/aromatic N) is 2. The Morgan fingerprint density at radius 2 is 1.87 bits per heavy atom. The molecule has 0 amide bonds. The molecular formula is C9H22N2O3S. The van der Waals surface area contributed by atoms with Gasteiger partial charge in [0.25, 0.3) is 0 Å². The van der Waals surface area contributed by atoms with Crippen LogP contribution in [0.1, 0.15) is 13.8 Å². The molecule has 0 saturated carbocycles. The van der Waals surface area contributed by atoms with Crippen molar-refractivity contribution in [1.29, 1.82) is 0 Å². The topological polar surface area (TPSA) is 60.9 Å². The molecule has 0 rings (SSSR count). The van der Waals surface area contributed by atoms with Gasteiger partial charge in [-0.25, -0.2) is 8.42 Å². The highest BCUT2D eigenvalue weighted by Crippen LogP contribution is 2.08. The van der Waals surface area contributed by atoms with E-state index in [1.807, 2.05) is 25.9 Å². The summed E-state index contributed by atoms with van der Waals surface area (Å²) in [6.07, 6.45) is 0. The highest BCUT2D eigenvalue weighted by Gasteiger charge is 2.25. The zero-order valence-corrected chi connectivity index (χ0v) is 10.8. The van der Waals surface area contributed by atoms with E-state index in [-0.39, 0.29) is 18.4 Å². The van der Waals surface area contributed by atoms with E-state index in [1.54, 1.807) is 6.92 Å². The first-order chi connectivity index (χ1) is 6.85. The molecule has 5 nitrogen and oxygen atoms in total. The van der Waals surface area contributed by atoms with Crippen LogP contribution < -0.4 is 0 Å². The number of hydrogen-bond acceptors (Lipinski definition) is 4. The first kappa shape index (κ1) is 14.8. The Hall–Kier alpha value is -0.170. The van der Waals surface area contributed by atoms with Crippen molar-refractivity contribution >= 4 is 10.0 Å². The molecule has 6 heteroatoms. The van der Waals surface area contributed by atoms with Crippen molar-refractivity contribution in [2.75, 3.05) is 39.5 Å². The predicted molar refractivity (Wildman–Crippen MR) is 61.3 cm³/mol. The molecule has 0 aliphatic heterocycles. The van der Waals surface area contributed by atoms with Crippen molar-refractivity contribution < 1.29 is 13.5 Å². The van der Waals surface area contributed by atoms with Crippen molar-refractivity contribution in [3.05, 3.63) is 0 Å². The molecule has 1 N–H and O–H groups in total. The van der Waals surface area contributed by atoms with Gasteiger partial charge in [0.1, 0.15) is 0 Å². The second-order valence-corrected chi connectivity index (χ2v) is 5.90. The van der Waals surface area contributed by atoms with Crippen molar-refractivity contribution in [3.8, 4) is 0 Å². The van der Waals surface area contributed by atoms with E-state index in [1.165, 1.54) is 4.31 Å². The normalized spacial score (nSPS) is 14.9. The molecule has 0 fully saturated rings. The molecule has 0 aromatic carbocycles. The minimum Gasteiger partial charge on any atom is -0.395 e. The zero-order chi connectivity index (χ0) is 12.1. The second-order valence-electron chi connectivity index (χ2n) is 3.85. The summed E-state index contributed by atoms with van der Waals surface area (Å²) in [6.45, 7) is 4.48. The van der Waals surface area contributed by atoms with E-state index < -0.39 is 10.0 Å². The first-order valence-corrected chi connectivity index (χ1v) is 6.71. The van der Waals surface area contributed by atoms with Gasteiger partial charge in [-0.05, 0) is 21.0 Å². The number of hydrogen-bond donors (Lipinski definition) is 1. The third-order valence-electron chi connectivity index (χ3n) is 2.14. The Bertz CT molecular complexity index is 265. The van der Waals surface area contributed by atoms with Crippen molar-refractivity contribution in [1.82, 2.24) is 9.21 Å². The number of aliphatic hydroxyl groups is 1. The van der Waals surface area contributed by atoms with Crippen LogP contribution in [0.3, 0.4) is 0 Å². The van der Waals surface area contributed by atoms with Gasteiger partial charge in [0.15, 0.2) is 0 Å². The molecule has 0 spiro atoms. The van der Waals surface area contributed by atoms with Gasteiger partial charge >= 0.3 is 0 Å². The first-order valence-electron chi connectivity index (χ1n) is 5.10. The molecule has 0 heterocycles. The predicted octanol–water partition coefficient (Wildman–Crippen LogP) is -0.419. The van der Waals surface area contributed by atoms with Crippen LogP contribution in [0.15, 0.2) is 0 Å². The average molecular weight is 238 g/mol. The molecule has 0 saturated heterocycles. The highest BCUT2D eigenvalue weighted by atomic mass is 32.2. The van der Waals surface area contributed by atoms with Crippen LogP contribution in [-0.4, -0.2) is 68.3 Å².